The van der Waals surface area contributed by atoms with Crippen molar-refractivity contribution in [3.05, 3.63) is 58.5 Å². The second-order valence-corrected chi connectivity index (χ2v) is 6.75. The van der Waals surface area contributed by atoms with Crippen molar-refractivity contribution in [1.29, 1.82) is 0 Å². The Hall–Kier alpha value is -3.07. The van der Waals surface area contributed by atoms with Gasteiger partial charge in [-0.1, -0.05) is 18.2 Å². The Morgan fingerprint density at radius 2 is 2.21 bits per heavy atom. The lowest BCUT2D eigenvalue weighted by atomic mass is 10.2. The molecule has 0 bridgehead atoms. The molecule has 0 aliphatic carbocycles. The number of aromatic nitrogens is 4. The molecule has 0 unspecified atom stereocenters. The molecule has 1 aromatic carbocycles. The number of nitrogens with one attached hydrogen (secondary N) is 1. The van der Waals surface area contributed by atoms with Crippen molar-refractivity contribution >= 4 is 16.9 Å². The van der Waals surface area contributed by atoms with Gasteiger partial charge < -0.3 is 10.1 Å². The molecule has 146 valence electrons. The first-order valence-electron chi connectivity index (χ1n) is 9.14. The van der Waals surface area contributed by atoms with Crippen LogP contribution in [0.25, 0.3) is 11.0 Å². The van der Waals surface area contributed by atoms with Gasteiger partial charge >= 0.3 is 0 Å². The fourth-order valence-corrected chi connectivity index (χ4v) is 3.26. The Bertz CT molecular complexity index is 1060. The van der Waals surface area contributed by atoms with Gasteiger partial charge in [-0.2, -0.15) is 5.10 Å². The van der Waals surface area contributed by atoms with Gasteiger partial charge in [0.25, 0.3) is 5.56 Å². The maximum atomic E-state index is 13.9. The Morgan fingerprint density at radius 3 is 3.00 bits per heavy atom. The zero-order valence-corrected chi connectivity index (χ0v) is 15.2. The summed E-state index contributed by atoms with van der Waals surface area (Å²) in [5.41, 5.74) is 0.438. The minimum Gasteiger partial charge on any atom is -0.376 e. The highest BCUT2D eigenvalue weighted by Gasteiger charge is 2.17. The number of hydrogen-bond acceptors (Lipinski definition) is 5. The molecule has 28 heavy (non-hydrogen) atoms. The first-order valence-corrected chi connectivity index (χ1v) is 9.14. The maximum absolute atomic E-state index is 13.9. The minimum atomic E-state index is -0.364. The van der Waals surface area contributed by atoms with E-state index in [9.17, 15) is 14.0 Å². The molecule has 1 fully saturated rings. The highest BCUT2D eigenvalue weighted by atomic mass is 19.1. The van der Waals surface area contributed by atoms with Crippen LogP contribution in [0.2, 0.25) is 0 Å². The lowest BCUT2D eigenvalue weighted by molar-refractivity contribution is -0.122. The summed E-state index contributed by atoms with van der Waals surface area (Å²) in [5, 5.41) is 7.22. The Kier molecular flexibility index (Phi) is 5.16. The molecule has 1 N–H and O–H groups in total. The van der Waals surface area contributed by atoms with Crippen molar-refractivity contribution in [1.82, 2.24) is 24.6 Å². The summed E-state index contributed by atoms with van der Waals surface area (Å²) in [7, 11) is 0. The van der Waals surface area contributed by atoms with Crippen molar-refractivity contribution in [2.45, 2.75) is 32.0 Å². The van der Waals surface area contributed by atoms with E-state index in [1.807, 2.05) is 0 Å². The Balaban J connectivity index is 1.49. The summed E-state index contributed by atoms with van der Waals surface area (Å²) in [5.74, 6) is -0.625. The highest BCUT2D eigenvalue weighted by molar-refractivity contribution is 5.77. The zero-order valence-electron chi connectivity index (χ0n) is 15.2. The summed E-state index contributed by atoms with van der Waals surface area (Å²) in [6, 6.07) is 6.37. The van der Waals surface area contributed by atoms with Gasteiger partial charge in [-0.3, -0.25) is 14.2 Å². The molecule has 9 heteroatoms. The van der Waals surface area contributed by atoms with Crippen LogP contribution < -0.4 is 10.9 Å². The number of fused-ring (bicyclic) bond motifs is 1. The third-order valence-electron chi connectivity index (χ3n) is 4.77. The van der Waals surface area contributed by atoms with Gasteiger partial charge in [0.05, 0.1) is 18.8 Å². The van der Waals surface area contributed by atoms with Crippen LogP contribution in [0.1, 0.15) is 18.4 Å². The fourth-order valence-electron chi connectivity index (χ4n) is 3.26. The average Bonchev–Trinajstić information content (AvgIpc) is 3.35. The molecule has 0 spiro atoms. The maximum Gasteiger partial charge on any atom is 0.264 e. The average molecular weight is 385 g/mol. The molecule has 1 amide bonds. The van der Waals surface area contributed by atoms with E-state index in [2.05, 4.69) is 15.4 Å². The number of carbonyl (C=O) groups excluding carboxylic acids is 1. The van der Waals surface area contributed by atoms with Crippen molar-refractivity contribution < 1.29 is 13.9 Å². The van der Waals surface area contributed by atoms with E-state index in [1.54, 1.807) is 18.2 Å². The largest absolute Gasteiger partial charge is 0.376 e. The van der Waals surface area contributed by atoms with Gasteiger partial charge in [0, 0.05) is 18.7 Å². The predicted molar refractivity (Wildman–Crippen MR) is 99.3 cm³/mol. The van der Waals surface area contributed by atoms with Gasteiger partial charge in [-0.25, -0.2) is 14.1 Å². The second-order valence-electron chi connectivity index (χ2n) is 6.75. The van der Waals surface area contributed by atoms with Crippen molar-refractivity contribution in [3.63, 3.8) is 0 Å². The van der Waals surface area contributed by atoms with E-state index in [0.717, 1.165) is 19.4 Å². The Labute approximate surface area is 159 Å². The monoisotopic (exact) mass is 385 g/mol. The summed E-state index contributed by atoms with van der Waals surface area (Å²) in [6.07, 6.45) is 4.67. The molecular weight excluding hydrogens is 365 g/mol. The first kappa shape index (κ1) is 18.3. The molecule has 2 aromatic heterocycles. The van der Waals surface area contributed by atoms with E-state index in [1.165, 1.54) is 27.8 Å². The van der Waals surface area contributed by atoms with E-state index in [0.29, 0.717) is 17.8 Å². The fraction of sp³-hybridized carbons (Fsp3) is 0.368. The van der Waals surface area contributed by atoms with Crippen LogP contribution in [-0.4, -0.2) is 44.5 Å². The normalized spacial score (nSPS) is 16.5. The number of carbonyl (C=O) groups is 1. The molecule has 1 aliphatic heterocycles. The van der Waals surface area contributed by atoms with Crippen molar-refractivity contribution in [2.75, 3.05) is 13.2 Å². The summed E-state index contributed by atoms with van der Waals surface area (Å²) in [6.45, 7) is 1.18. The second kappa shape index (κ2) is 7.89. The molecule has 1 atom stereocenters. The van der Waals surface area contributed by atoms with Crippen LogP contribution in [0.15, 0.2) is 41.6 Å². The highest BCUT2D eigenvalue weighted by Crippen LogP contribution is 2.12. The number of rotatable bonds is 6. The SMILES string of the molecule is O=C(Cn1cnc2c(cnn2Cc2ccccc2F)c1=O)NC[C@@H]1CCCO1. The van der Waals surface area contributed by atoms with Crippen LogP contribution in [0.5, 0.6) is 0 Å². The summed E-state index contributed by atoms with van der Waals surface area (Å²) >= 11 is 0. The van der Waals surface area contributed by atoms with Crippen LogP contribution in [0.4, 0.5) is 4.39 Å². The molecule has 1 saturated heterocycles. The van der Waals surface area contributed by atoms with E-state index in [-0.39, 0.29) is 41.9 Å². The molecule has 4 rings (SSSR count). The lowest BCUT2D eigenvalue weighted by Gasteiger charge is -2.11. The minimum absolute atomic E-state index is 0.0397. The van der Waals surface area contributed by atoms with Crippen molar-refractivity contribution in [2.24, 2.45) is 0 Å². The summed E-state index contributed by atoms with van der Waals surface area (Å²) < 4.78 is 22.0. The number of amides is 1. The topological polar surface area (TPSA) is 91.0 Å². The number of nitrogens with zero attached hydrogens (tertiary/aromatic N) is 4. The standard InChI is InChI=1S/C19H20FN5O3/c20-16-6-2-1-4-13(16)10-25-18-15(9-23-25)19(27)24(12-22-18)11-17(26)21-8-14-5-3-7-28-14/h1-2,4,6,9,12,14H,3,5,7-8,10-11H2,(H,21,26)/t14-/m0/s1. The van der Waals surface area contributed by atoms with Gasteiger partial charge in [0.15, 0.2) is 5.65 Å². The molecule has 1 aliphatic rings. The number of hydrogen-bond donors (Lipinski definition) is 1. The third kappa shape index (κ3) is 3.79. The molecule has 0 saturated carbocycles. The molecule has 3 heterocycles. The molecule has 3 aromatic rings. The zero-order chi connectivity index (χ0) is 19.5. The smallest absolute Gasteiger partial charge is 0.264 e. The van der Waals surface area contributed by atoms with E-state index in [4.69, 9.17) is 4.74 Å². The van der Waals surface area contributed by atoms with Crippen LogP contribution in [0.3, 0.4) is 0 Å². The number of ether oxygens (including phenoxy) is 1. The summed E-state index contributed by atoms with van der Waals surface area (Å²) in [4.78, 5) is 29.0. The van der Waals surface area contributed by atoms with E-state index >= 15 is 0 Å². The third-order valence-corrected chi connectivity index (χ3v) is 4.77. The predicted octanol–water partition coefficient (Wildman–Crippen LogP) is 1.08. The quantitative estimate of drug-likeness (QED) is 0.686. The molecule has 0 radical (unpaired) electrons. The molecule has 8 nitrogen and oxygen atoms in total. The van der Waals surface area contributed by atoms with Gasteiger partial charge in [0.1, 0.15) is 24.1 Å². The van der Waals surface area contributed by atoms with Crippen molar-refractivity contribution in [3.8, 4) is 0 Å². The number of halogens is 1. The molecular formula is C19H20FN5O3. The Morgan fingerprint density at radius 1 is 1.36 bits per heavy atom. The lowest BCUT2D eigenvalue weighted by Crippen LogP contribution is -2.36. The van der Waals surface area contributed by atoms with Crippen LogP contribution >= 0.6 is 0 Å². The van der Waals surface area contributed by atoms with Gasteiger partial charge in [0.2, 0.25) is 5.91 Å². The van der Waals surface area contributed by atoms with Crippen LogP contribution in [0, 0.1) is 5.82 Å². The first-order chi connectivity index (χ1) is 13.6. The van der Waals surface area contributed by atoms with Crippen LogP contribution in [-0.2, 0) is 22.6 Å². The van der Waals surface area contributed by atoms with Gasteiger partial charge in [-0.05, 0) is 18.9 Å². The number of benzene rings is 1. The van der Waals surface area contributed by atoms with E-state index < -0.39 is 0 Å². The van der Waals surface area contributed by atoms with Gasteiger partial charge in [-0.15, -0.1) is 0 Å².